The fourth-order valence-corrected chi connectivity index (χ4v) is 3.39. The van der Waals surface area contributed by atoms with Gasteiger partial charge in [-0.3, -0.25) is 9.59 Å². The molecule has 3 aromatic rings. The van der Waals surface area contributed by atoms with Crippen LogP contribution in [0.1, 0.15) is 32.4 Å². The zero-order chi connectivity index (χ0) is 22.1. The van der Waals surface area contributed by atoms with E-state index in [0.717, 1.165) is 11.5 Å². The second-order valence-corrected chi connectivity index (χ2v) is 7.48. The van der Waals surface area contributed by atoms with Crippen molar-refractivity contribution in [2.24, 2.45) is 0 Å². The fourth-order valence-electron chi connectivity index (χ4n) is 2.67. The predicted octanol–water partition coefficient (Wildman–Crippen LogP) is 4.24. The van der Waals surface area contributed by atoms with Gasteiger partial charge in [0, 0.05) is 18.7 Å². The summed E-state index contributed by atoms with van der Waals surface area (Å²) in [5.41, 5.74) is 0.633. The molecule has 164 valence electrons. The molecule has 0 aliphatic heterocycles. The molecule has 0 radical (unpaired) electrons. The Hall–Kier alpha value is -3.33. The number of rotatable bonds is 11. The zero-order valence-electron chi connectivity index (χ0n) is 17.5. The van der Waals surface area contributed by atoms with Gasteiger partial charge in [-0.05, 0) is 49.7 Å². The number of carbonyl (C=O) groups excluding carboxylic acids is 2. The lowest BCUT2D eigenvalue weighted by molar-refractivity contribution is -0.119. The number of nitrogens with zero attached hydrogens (tertiary/aromatic N) is 1. The number of thiazole rings is 1. The van der Waals surface area contributed by atoms with E-state index >= 15 is 0 Å². The molecular formula is C22H25N3O5S. The van der Waals surface area contributed by atoms with Gasteiger partial charge in [0.15, 0.2) is 10.9 Å². The van der Waals surface area contributed by atoms with Crippen LogP contribution in [0.3, 0.4) is 0 Å². The first-order valence-corrected chi connectivity index (χ1v) is 10.9. The summed E-state index contributed by atoms with van der Waals surface area (Å²) < 4.78 is 16.7. The van der Waals surface area contributed by atoms with Gasteiger partial charge in [0.2, 0.25) is 11.8 Å². The number of hydrogen-bond donors (Lipinski definition) is 2. The largest absolute Gasteiger partial charge is 0.494 e. The minimum atomic E-state index is -0.124. The van der Waals surface area contributed by atoms with Crippen LogP contribution in [0.4, 0.5) is 5.13 Å². The first-order valence-electron chi connectivity index (χ1n) is 9.98. The highest BCUT2D eigenvalue weighted by molar-refractivity contribution is 7.14. The molecule has 0 aliphatic rings. The molecule has 2 aromatic heterocycles. The van der Waals surface area contributed by atoms with Crippen LogP contribution >= 0.6 is 11.3 Å². The lowest BCUT2D eigenvalue weighted by Gasteiger charge is -2.07. The monoisotopic (exact) mass is 443 g/mol. The van der Waals surface area contributed by atoms with Crippen LogP contribution in [0.15, 0.2) is 46.2 Å². The maximum Gasteiger partial charge on any atom is 0.226 e. The van der Waals surface area contributed by atoms with Crippen LogP contribution in [-0.4, -0.2) is 30.0 Å². The SMILES string of the molecule is CCOc1ccc(OCCCC(=O)Nc2nc(-c3ccc(CNC(C)=O)o3)cs2)cc1. The number of benzene rings is 1. The Balaban J connectivity index is 1.40. The number of hydrogen-bond acceptors (Lipinski definition) is 7. The zero-order valence-corrected chi connectivity index (χ0v) is 18.3. The lowest BCUT2D eigenvalue weighted by Crippen LogP contribution is -2.18. The number of anilines is 1. The number of nitrogens with one attached hydrogen (secondary N) is 2. The Morgan fingerprint density at radius 3 is 2.55 bits per heavy atom. The molecule has 3 rings (SSSR count). The molecule has 0 spiro atoms. The fraction of sp³-hybridized carbons (Fsp3) is 0.318. The summed E-state index contributed by atoms with van der Waals surface area (Å²) in [6, 6.07) is 11.0. The van der Waals surface area contributed by atoms with Gasteiger partial charge in [-0.15, -0.1) is 11.3 Å². The molecule has 0 fully saturated rings. The molecule has 8 nitrogen and oxygen atoms in total. The topological polar surface area (TPSA) is 103 Å². The van der Waals surface area contributed by atoms with Gasteiger partial charge in [-0.2, -0.15) is 0 Å². The van der Waals surface area contributed by atoms with Crippen molar-refractivity contribution in [2.75, 3.05) is 18.5 Å². The van der Waals surface area contributed by atoms with Crippen LogP contribution in [0.25, 0.3) is 11.5 Å². The Labute approximate surface area is 184 Å². The van der Waals surface area contributed by atoms with Gasteiger partial charge in [-0.25, -0.2) is 4.98 Å². The number of carbonyl (C=O) groups is 2. The maximum atomic E-state index is 12.2. The maximum absolute atomic E-state index is 12.2. The van der Waals surface area contributed by atoms with E-state index in [2.05, 4.69) is 15.6 Å². The number of aromatic nitrogens is 1. The summed E-state index contributed by atoms with van der Waals surface area (Å²) >= 11 is 1.33. The minimum Gasteiger partial charge on any atom is -0.494 e. The molecule has 2 N–H and O–H groups in total. The van der Waals surface area contributed by atoms with E-state index in [-0.39, 0.29) is 11.8 Å². The molecule has 2 amide bonds. The van der Waals surface area contributed by atoms with Crippen LogP contribution in [0.5, 0.6) is 11.5 Å². The van der Waals surface area contributed by atoms with Crippen molar-refractivity contribution >= 4 is 28.3 Å². The van der Waals surface area contributed by atoms with E-state index in [1.807, 2.05) is 36.6 Å². The molecule has 1 aromatic carbocycles. The molecule has 0 saturated carbocycles. The highest BCUT2D eigenvalue weighted by Crippen LogP contribution is 2.26. The van der Waals surface area contributed by atoms with Crippen molar-refractivity contribution in [3.63, 3.8) is 0 Å². The number of amides is 2. The molecule has 9 heteroatoms. The molecule has 0 unspecified atom stereocenters. The normalized spacial score (nSPS) is 10.5. The summed E-state index contributed by atoms with van der Waals surface area (Å²) in [6.07, 6.45) is 0.912. The van der Waals surface area contributed by atoms with Crippen molar-refractivity contribution in [3.05, 3.63) is 47.5 Å². The van der Waals surface area contributed by atoms with E-state index in [1.54, 1.807) is 12.1 Å². The van der Waals surface area contributed by atoms with E-state index < -0.39 is 0 Å². The van der Waals surface area contributed by atoms with E-state index in [9.17, 15) is 9.59 Å². The molecule has 0 bridgehead atoms. The predicted molar refractivity (Wildman–Crippen MR) is 118 cm³/mol. The van der Waals surface area contributed by atoms with Gasteiger partial charge >= 0.3 is 0 Å². The van der Waals surface area contributed by atoms with Crippen LogP contribution in [0, 0.1) is 0 Å². The molecular weight excluding hydrogens is 418 g/mol. The van der Waals surface area contributed by atoms with Crippen molar-refractivity contribution in [2.45, 2.75) is 33.2 Å². The summed E-state index contributed by atoms with van der Waals surface area (Å²) in [5.74, 6) is 2.51. The Bertz CT molecular complexity index is 997. The average molecular weight is 444 g/mol. The summed E-state index contributed by atoms with van der Waals surface area (Å²) in [6.45, 7) is 4.77. The summed E-state index contributed by atoms with van der Waals surface area (Å²) in [5, 5.41) is 7.79. The van der Waals surface area contributed by atoms with Gasteiger partial charge in [0.05, 0.1) is 19.8 Å². The highest BCUT2D eigenvalue weighted by atomic mass is 32.1. The van der Waals surface area contributed by atoms with E-state index in [4.69, 9.17) is 13.9 Å². The van der Waals surface area contributed by atoms with Gasteiger partial charge < -0.3 is 24.5 Å². The standard InChI is InChI=1S/C22H25N3O5S/c1-3-28-16-6-8-17(9-7-16)29-12-4-5-21(27)25-22-24-19(14-31-22)20-11-10-18(30-20)13-23-15(2)26/h6-11,14H,3-5,12-13H2,1-2H3,(H,23,26)(H,24,25,27). The second-order valence-electron chi connectivity index (χ2n) is 6.62. The second kappa shape index (κ2) is 11.2. The molecule has 0 aliphatic carbocycles. The van der Waals surface area contributed by atoms with Gasteiger partial charge in [0.1, 0.15) is 23.0 Å². The third-order valence-electron chi connectivity index (χ3n) is 4.13. The molecule has 0 atom stereocenters. The average Bonchev–Trinajstić information content (AvgIpc) is 3.40. The third kappa shape index (κ3) is 7.14. The quantitative estimate of drug-likeness (QED) is 0.430. The lowest BCUT2D eigenvalue weighted by atomic mass is 10.3. The molecule has 0 saturated heterocycles. The van der Waals surface area contributed by atoms with Crippen LogP contribution in [0.2, 0.25) is 0 Å². The van der Waals surface area contributed by atoms with Crippen LogP contribution in [-0.2, 0) is 16.1 Å². The highest BCUT2D eigenvalue weighted by Gasteiger charge is 2.11. The summed E-state index contributed by atoms with van der Waals surface area (Å²) in [4.78, 5) is 27.5. The molecule has 31 heavy (non-hydrogen) atoms. The first-order chi connectivity index (χ1) is 15.0. The third-order valence-corrected chi connectivity index (χ3v) is 4.89. The van der Waals surface area contributed by atoms with Crippen molar-refractivity contribution in [1.82, 2.24) is 10.3 Å². The molecule has 2 heterocycles. The Morgan fingerprint density at radius 2 is 1.84 bits per heavy atom. The number of ether oxygens (including phenoxy) is 2. The minimum absolute atomic E-state index is 0.123. The number of furan rings is 1. The van der Waals surface area contributed by atoms with Crippen molar-refractivity contribution < 1.29 is 23.5 Å². The van der Waals surface area contributed by atoms with E-state index in [1.165, 1.54) is 18.3 Å². The smallest absolute Gasteiger partial charge is 0.226 e. The van der Waals surface area contributed by atoms with Crippen LogP contribution < -0.4 is 20.1 Å². The van der Waals surface area contributed by atoms with Gasteiger partial charge in [0.25, 0.3) is 0 Å². The summed E-state index contributed by atoms with van der Waals surface area (Å²) in [7, 11) is 0. The Morgan fingerprint density at radius 1 is 1.10 bits per heavy atom. The van der Waals surface area contributed by atoms with E-state index in [0.29, 0.717) is 54.9 Å². The van der Waals surface area contributed by atoms with Gasteiger partial charge in [-0.1, -0.05) is 0 Å². The first kappa shape index (κ1) is 22.4. The van der Waals surface area contributed by atoms with Crippen molar-refractivity contribution in [3.8, 4) is 23.0 Å². The Kier molecular flexibility index (Phi) is 8.05. The van der Waals surface area contributed by atoms with Crippen molar-refractivity contribution in [1.29, 1.82) is 0 Å².